The van der Waals surface area contributed by atoms with E-state index in [0.717, 1.165) is 18.2 Å². The van der Waals surface area contributed by atoms with Crippen molar-refractivity contribution < 1.29 is 50.0 Å². The van der Waals surface area contributed by atoms with Gasteiger partial charge in [-0.3, -0.25) is 0 Å². The lowest BCUT2D eigenvalue weighted by atomic mass is 9.93. The molecule has 3 aromatic rings. The van der Waals surface area contributed by atoms with Crippen LogP contribution in [0, 0.1) is 0 Å². The third kappa shape index (κ3) is 3.58. The predicted octanol–water partition coefficient (Wildman–Crippen LogP) is 2.53. The Morgan fingerprint density at radius 1 is 0.812 bits per heavy atom. The summed E-state index contributed by atoms with van der Waals surface area (Å²) in [4.78, 5) is 12.7. The number of rotatable bonds is 3. The van der Waals surface area contributed by atoms with Crippen LogP contribution in [0.25, 0.3) is 0 Å². The number of esters is 1. The normalized spacial score (nSPS) is 17.2. The number of ether oxygens (including phenoxy) is 2. The predicted molar refractivity (Wildman–Crippen MR) is 107 cm³/mol. The maximum atomic E-state index is 12.7. The van der Waals surface area contributed by atoms with Crippen LogP contribution in [0.1, 0.15) is 27.6 Å². The Morgan fingerprint density at radius 3 is 2.25 bits per heavy atom. The molecule has 32 heavy (non-hydrogen) atoms. The van der Waals surface area contributed by atoms with Gasteiger partial charge in [0.25, 0.3) is 0 Å². The molecule has 0 saturated carbocycles. The average Bonchev–Trinajstić information content (AvgIpc) is 2.74. The highest BCUT2D eigenvalue weighted by atomic mass is 16.6. The number of fused-ring (bicyclic) bond motifs is 1. The average molecular weight is 442 g/mol. The van der Waals surface area contributed by atoms with Gasteiger partial charge in [0.2, 0.25) is 5.75 Å². The summed E-state index contributed by atoms with van der Waals surface area (Å²) in [6.45, 7) is 0. The number of aromatic hydroxyl groups is 7. The first-order chi connectivity index (χ1) is 15.2. The second-order valence-electron chi connectivity index (χ2n) is 7.21. The van der Waals surface area contributed by atoms with Gasteiger partial charge in [0.1, 0.15) is 28.9 Å². The van der Waals surface area contributed by atoms with Gasteiger partial charge in [-0.15, -0.1) is 0 Å². The van der Waals surface area contributed by atoms with Gasteiger partial charge in [-0.1, -0.05) is 6.07 Å². The van der Waals surface area contributed by atoms with Crippen molar-refractivity contribution in [2.24, 2.45) is 0 Å². The zero-order valence-corrected chi connectivity index (χ0v) is 16.3. The Labute approximate surface area is 180 Å². The van der Waals surface area contributed by atoms with Crippen LogP contribution in [0.4, 0.5) is 0 Å². The van der Waals surface area contributed by atoms with E-state index in [0.29, 0.717) is 5.56 Å². The quantitative estimate of drug-likeness (QED) is 0.235. The first-order valence-electron chi connectivity index (χ1n) is 9.34. The standard InChI is InChI=1S/C22H18O10/c23-10-6-15(26)12-8-18(32-22(30)11-2-4-14(25)20(29)19(11)28)21(31-17(12)7-10)9-1-3-13(24)16(27)5-9/h1-7,18,21,23-29H,8H2/t18-,21-/m0/s1. The van der Waals surface area contributed by atoms with E-state index < -0.39 is 46.7 Å². The van der Waals surface area contributed by atoms with Crippen LogP contribution < -0.4 is 4.74 Å². The molecule has 2 atom stereocenters. The molecule has 0 aromatic heterocycles. The van der Waals surface area contributed by atoms with Crippen LogP contribution in [0.5, 0.6) is 46.0 Å². The molecule has 7 N–H and O–H groups in total. The summed E-state index contributed by atoms with van der Waals surface area (Å²) in [5.41, 5.74) is 0.135. The van der Waals surface area contributed by atoms with E-state index in [4.69, 9.17) is 9.47 Å². The molecule has 0 radical (unpaired) electrons. The summed E-state index contributed by atoms with van der Waals surface area (Å²) in [6.07, 6.45) is -2.19. The highest BCUT2D eigenvalue weighted by molar-refractivity contribution is 5.94. The zero-order valence-electron chi connectivity index (χ0n) is 16.3. The van der Waals surface area contributed by atoms with Crippen molar-refractivity contribution >= 4 is 5.97 Å². The van der Waals surface area contributed by atoms with Crippen LogP contribution in [-0.4, -0.2) is 47.8 Å². The minimum atomic E-state index is -1.09. The molecule has 166 valence electrons. The topological polar surface area (TPSA) is 177 Å². The summed E-state index contributed by atoms with van der Waals surface area (Å²) in [7, 11) is 0. The van der Waals surface area contributed by atoms with Gasteiger partial charge in [0.05, 0.1) is 0 Å². The van der Waals surface area contributed by atoms with E-state index in [1.807, 2.05) is 0 Å². The minimum absolute atomic E-state index is 0.0652. The lowest BCUT2D eigenvalue weighted by Gasteiger charge is -2.34. The molecule has 0 spiro atoms. The van der Waals surface area contributed by atoms with Crippen molar-refractivity contribution in [2.75, 3.05) is 0 Å². The number of benzene rings is 3. The molecule has 1 aliphatic heterocycles. The minimum Gasteiger partial charge on any atom is -0.508 e. The van der Waals surface area contributed by atoms with Gasteiger partial charge < -0.3 is 45.2 Å². The fourth-order valence-corrected chi connectivity index (χ4v) is 3.49. The fraction of sp³-hybridized carbons (Fsp3) is 0.136. The van der Waals surface area contributed by atoms with E-state index >= 15 is 0 Å². The van der Waals surface area contributed by atoms with Crippen molar-refractivity contribution in [3.8, 4) is 46.0 Å². The zero-order chi connectivity index (χ0) is 23.2. The molecule has 0 fully saturated rings. The van der Waals surface area contributed by atoms with Crippen molar-refractivity contribution in [1.82, 2.24) is 0 Å². The van der Waals surface area contributed by atoms with Crippen LogP contribution in [0.15, 0.2) is 42.5 Å². The van der Waals surface area contributed by atoms with Gasteiger partial charge >= 0.3 is 5.97 Å². The number of carbonyl (C=O) groups is 1. The molecule has 0 aliphatic carbocycles. The third-order valence-electron chi connectivity index (χ3n) is 5.10. The van der Waals surface area contributed by atoms with E-state index in [2.05, 4.69) is 0 Å². The molecule has 4 rings (SSSR count). The number of hydrogen-bond acceptors (Lipinski definition) is 10. The van der Waals surface area contributed by atoms with Crippen LogP contribution >= 0.6 is 0 Å². The molecule has 0 saturated heterocycles. The molecule has 1 heterocycles. The van der Waals surface area contributed by atoms with Gasteiger partial charge in [-0.2, -0.15) is 0 Å². The second-order valence-corrected chi connectivity index (χ2v) is 7.21. The SMILES string of the molecule is O=C(O[C@H]1Cc2c(O)cc(O)cc2O[C@H]1c1ccc(O)c(O)c1)c1ccc(O)c(O)c1O. The van der Waals surface area contributed by atoms with Crippen molar-refractivity contribution in [2.45, 2.75) is 18.6 Å². The van der Waals surface area contributed by atoms with E-state index in [1.165, 1.54) is 24.3 Å². The summed E-state index contributed by atoms with van der Waals surface area (Å²) >= 11 is 0. The second kappa shape index (κ2) is 7.65. The Hall–Kier alpha value is -4.47. The molecule has 0 amide bonds. The van der Waals surface area contributed by atoms with Crippen LogP contribution in [-0.2, 0) is 11.2 Å². The molecule has 10 nitrogen and oxygen atoms in total. The van der Waals surface area contributed by atoms with E-state index in [1.54, 1.807) is 0 Å². The summed E-state index contributed by atoms with van der Waals surface area (Å²) in [5, 5.41) is 68.6. The molecule has 1 aliphatic rings. The van der Waals surface area contributed by atoms with Crippen LogP contribution in [0.3, 0.4) is 0 Å². The number of phenols is 7. The summed E-state index contributed by atoms with van der Waals surface area (Å²) in [5.74, 6) is -4.70. The molecule has 3 aromatic carbocycles. The summed E-state index contributed by atoms with van der Waals surface area (Å²) in [6, 6.07) is 8.27. The van der Waals surface area contributed by atoms with Crippen LogP contribution in [0.2, 0.25) is 0 Å². The first kappa shape index (κ1) is 20.8. The first-order valence-corrected chi connectivity index (χ1v) is 9.34. The fourth-order valence-electron chi connectivity index (χ4n) is 3.49. The molecular weight excluding hydrogens is 424 g/mol. The Bertz CT molecular complexity index is 1220. The highest BCUT2D eigenvalue weighted by Crippen LogP contribution is 2.44. The Kier molecular flexibility index (Phi) is 4.97. The van der Waals surface area contributed by atoms with Crippen molar-refractivity contribution in [3.05, 3.63) is 59.2 Å². The third-order valence-corrected chi connectivity index (χ3v) is 5.10. The van der Waals surface area contributed by atoms with Gasteiger partial charge in [-0.05, 0) is 24.3 Å². The van der Waals surface area contributed by atoms with E-state index in [-0.39, 0.29) is 35.0 Å². The highest BCUT2D eigenvalue weighted by Gasteiger charge is 2.37. The number of carbonyl (C=O) groups excluding carboxylic acids is 1. The van der Waals surface area contributed by atoms with Gasteiger partial charge in [-0.25, -0.2) is 4.79 Å². The van der Waals surface area contributed by atoms with Crippen molar-refractivity contribution in [3.63, 3.8) is 0 Å². The molecule has 10 heteroatoms. The number of hydrogen-bond donors (Lipinski definition) is 7. The molecule has 0 unspecified atom stereocenters. The number of phenolic OH excluding ortho intramolecular Hbond substituents is 7. The molecular formula is C22H18O10. The maximum Gasteiger partial charge on any atom is 0.342 e. The summed E-state index contributed by atoms with van der Waals surface area (Å²) < 4.78 is 11.4. The lowest BCUT2D eigenvalue weighted by Crippen LogP contribution is -2.34. The van der Waals surface area contributed by atoms with Gasteiger partial charge in [0.15, 0.2) is 29.1 Å². The molecule has 0 bridgehead atoms. The van der Waals surface area contributed by atoms with Gasteiger partial charge in [0, 0.05) is 29.7 Å². The Balaban J connectivity index is 1.73. The lowest BCUT2D eigenvalue weighted by molar-refractivity contribution is -0.0190. The van der Waals surface area contributed by atoms with E-state index in [9.17, 15) is 40.5 Å². The monoisotopic (exact) mass is 442 g/mol. The largest absolute Gasteiger partial charge is 0.508 e. The maximum absolute atomic E-state index is 12.7. The Morgan fingerprint density at radius 2 is 1.53 bits per heavy atom. The smallest absolute Gasteiger partial charge is 0.342 e. The van der Waals surface area contributed by atoms with Crippen molar-refractivity contribution in [1.29, 1.82) is 0 Å².